The molecule has 1 aliphatic rings. The van der Waals surface area contributed by atoms with Crippen molar-refractivity contribution in [1.82, 2.24) is 14.8 Å². The van der Waals surface area contributed by atoms with Crippen molar-refractivity contribution in [2.75, 3.05) is 25.5 Å². The van der Waals surface area contributed by atoms with Crippen molar-refractivity contribution in [1.29, 1.82) is 0 Å². The Balaban J connectivity index is 1.62. The fourth-order valence-electron chi connectivity index (χ4n) is 4.14. The van der Waals surface area contributed by atoms with Crippen molar-refractivity contribution in [2.24, 2.45) is 5.73 Å². The van der Waals surface area contributed by atoms with Gasteiger partial charge in [0, 0.05) is 30.2 Å². The van der Waals surface area contributed by atoms with E-state index in [0.717, 1.165) is 35.2 Å². The van der Waals surface area contributed by atoms with E-state index < -0.39 is 11.7 Å². The Bertz CT molecular complexity index is 959. The third kappa shape index (κ3) is 4.74. The molecule has 0 spiro atoms. The minimum Gasteiger partial charge on any atom is -0.497 e. The van der Waals surface area contributed by atoms with Crippen molar-refractivity contribution in [2.45, 2.75) is 58.3 Å². The minimum absolute atomic E-state index is 0.0393. The molecule has 8 nitrogen and oxygen atoms in total. The zero-order valence-electron chi connectivity index (χ0n) is 19.0. The number of nitrogens with zero attached hydrogens (tertiary/aromatic N) is 3. The third-order valence-corrected chi connectivity index (χ3v) is 5.91. The minimum atomic E-state index is -0.675. The van der Waals surface area contributed by atoms with Crippen LogP contribution >= 0.6 is 0 Å². The molecular formula is C23H33N5O3. The Morgan fingerprint density at radius 2 is 2.10 bits per heavy atom. The summed E-state index contributed by atoms with van der Waals surface area (Å²) in [5.74, 6) is 0.536. The second kappa shape index (κ2) is 9.09. The van der Waals surface area contributed by atoms with Crippen molar-refractivity contribution in [3.05, 3.63) is 30.5 Å². The van der Waals surface area contributed by atoms with Crippen molar-refractivity contribution in [3.8, 4) is 5.75 Å². The van der Waals surface area contributed by atoms with Gasteiger partial charge in [0.1, 0.15) is 18.0 Å². The summed E-state index contributed by atoms with van der Waals surface area (Å²) < 4.78 is 5.42. The van der Waals surface area contributed by atoms with E-state index in [2.05, 4.69) is 17.2 Å². The zero-order chi connectivity index (χ0) is 22.8. The van der Waals surface area contributed by atoms with E-state index in [1.54, 1.807) is 30.0 Å². The summed E-state index contributed by atoms with van der Waals surface area (Å²) in [4.78, 5) is 32.8. The summed E-state index contributed by atoms with van der Waals surface area (Å²) in [5, 5.41) is 4.55. The Morgan fingerprint density at radius 1 is 1.35 bits per heavy atom. The maximum absolute atomic E-state index is 12.6. The van der Waals surface area contributed by atoms with Gasteiger partial charge in [0.15, 0.2) is 0 Å². The molecule has 1 aromatic heterocycles. The number of ether oxygens (including phenoxy) is 1. The highest BCUT2D eigenvalue weighted by molar-refractivity contribution is 5.92. The van der Waals surface area contributed by atoms with Crippen LogP contribution in [0.1, 0.15) is 40.5 Å². The fraction of sp³-hybridized carbons (Fsp3) is 0.522. The molecule has 0 saturated carbocycles. The maximum atomic E-state index is 12.6. The molecule has 2 aromatic rings. The molecule has 3 rings (SSSR count). The van der Waals surface area contributed by atoms with Gasteiger partial charge >= 0.3 is 0 Å². The molecule has 2 heterocycles. The molecule has 1 saturated heterocycles. The first-order chi connectivity index (χ1) is 14.6. The van der Waals surface area contributed by atoms with Crippen LogP contribution in [0, 0.1) is 0 Å². The number of amides is 2. The zero-order valence-corrected chi connectivity index (χ0v) is 19.0. The Labute approximate surface area is 183 Å². The van der Waals surface area contributed by atoms with E-state index in [4.69, 9.17) is 10.5 Å². The molecular weight excluding hydrogens is 394 g/mol. The van der Waals surface area contributed by atoms with Crippen LogP contribution in [0.5, 0.6) is 5.75 Å². The van der Waals surface area contributed by atoms with Gasteiger partial charge in [-0.05, 0) is 52.7 Å². The average molecular weight is 428 g/mol. The number of rotatable bonds is 8. The first-order valence-electron chi connectivity index (χ1n) is 10.7. The molecule has 0 radical (unpaired) electrons. The van der Waals surface area contributed by atoms with E-state index in [1.165, 1.54) is 0 Å². The summed E-state index contributed by atoms with van der Waals surface area (Å²) in [5.41, 5.74) is 6.91. The van der Waals surface area contributed by atoms with Gasteiger partial charge in [-0.15, -0.1) is 0 Å². The molecule has 31 heavy (non-hydrogen) atoms. The van der Waals surface area contributed by atoms with Crippen LogP contribution in [-0.4, -0.2) is 64.5 Å². The van der Waals surface area contributed by atoms with Crippen LogP contribution in [0.2, 0.25) is 0 Å². The number of pyridine rings is 1. The lowest BCUT2D eigenvalue weighted by molar-refractivity contribution is -0.138. The summed E-state index contributed by atoms with van der Waals surface area (Å²) >= 11 is 0. The lowest BCUT2D eigenvalue weighted by atomic mass is 10.1. The predicted molar refractivity (Wildman–Crippen MR) is 122 cm³/mol. The fourth-order valence-corrected chi connectivity index (χ4v) is 4.14. The third-order valence-electron chi connectivity index (χ3n) is 5.91. The highest BCUT2D eigenvalue weighted by atomic mass is 16.5. The standard InChI is InChI=1S/C23H33N5O3/c1-15(26-19-13-18(31-5)12-17-9-6-10-25-21(17)19)8-7-11-27-20(29)14-28(23(27,3)4)22(30)16(2)24/h6,9-10,12-13,15-16,26H,7-8,11,14,24H2,1-5H3/t15?,16-/m0/s1. The number of anilines is 1. The van der Waals surface area contributed by atoms with Gasteiger partial charge in [-0.1, -0.05) is 6.07 Å². The first-order valence-corrected chi connectivity index (χ1v) is 10.7. The van der Waals surface area contributed by atoms with Gasteiger partial charge in [0.2, 0.25) is 11.8 Å². The summed E-state index contributed by atoms with van der Waals surface area (Å²) in [6, 6.07) is 7.38. The van der Waals surface area contributed by atoms with Gasteiger partial charge < -0.3 is 25.6 Å². The normalized spacial score (nSPS) is 17.7. The molecule has 1 aliphatic heterocycles. The molecule has 1 aromatic carbocycles. The number of nitrogens with one attached hydrogen (secondary N) is 1. The van der Waals surface area contributed by atoms with Crippen molar-refractivity contribution < 1.29 is 14.3 Å². The van der Waals surface area contributed by atoms with Crippen molar-refractivity contribution in [3.63, 3.8) is 0 Å². The summed E-state index contributed by atoms with van der Waals surface area (Å²) in [6.45, 7) is 8.22. The molecule has 2 amide bonds. The number of hydrogen-bond donors (Lipinski definition) is 2. The lowest BCUT2D eigenvalue weighted by Crippen LogP contribution is -2.54. The van der Waals surface area contributed by atoms with Gasteiger partial charge in [0.25, 0.3) is 0 Å². The highest BCUT2D eigenvalue weighted by Crippen LogP contribution is 2.30. The van der Waals surface area contributed by atoms with E-state index in [0.29, 0.717) is 6.54 Å². The van der Waals surface area contributed by atoms with Gasteiger partial charge in [-0.25, -0.2) is 0 Å². The molecule has 168 valence electrons. The molecule has 1 fully saturated rings. The SMILES string of the molecule is COc1cc(NC(C)CCCN2C(=O)CN(C(=O)[C@H](C)N)C2(C)C)c2ncccc2c1. The smallest absolute Gasteiger partial charge is 0.244 e. The lowest BCUT2D eigenvalue weighted by Gasteiger charge is -2.38. The van der Waals surface area contributed by atoms with Crippen LogP contribution in [0.15, 0.2) is 30.5 Å². The second-order valence-corrected chi connectivity index (χ2v) is 8.69. The maximum Gasteiger partial charge on any atom is 0.244 e. The monoisotopic (exact) mass is 427 g/mol. The van der Waals surface area contributed by atoms with E-state index >= 15 is 0 Å². The number of aromatic nitrogens is 1. The summed E-state index contributed by atoms with van der Waals surface area (Å²) in [7, 11) is 1.65. The number of nitrogens with two attached hydrogens (primary N) is 1. The van der Waals surface area contributed by atoms with Crippen LogP contribution in [0.25, 0.3) is 10.9 Å². The Hall–Kier alpha value is -2.87. The molecule has 3 N–H and O–H groups in total. The Morgan fingerprint density at radius 3 is 2.77 bits per heavy atom. The average Bonchev–Trinajstić information content (AvgIpc) is 2.96. The number of hydrogen-bond acceptors (Lipinski definition) is 6. The number of carbonyl (C=O) groups is 2. The molecule has 8 heteroatoms. The van der Waals surface area contributed by atoms with Crippen LogP contribution < -0.4 is 15.8 Å². The van der Waals surface area contributed by atoms with Gasteiger partial charge in [0.05, 0.1) is 24.4 Å². The topological polar surface area (TPSA) is 101 Å². The van der Waals surface area contributed by atoms with E-state index in [1.807, 2.05) is 38.1 Å². The molecule has 0 bridgehead atoms. The highest BCUT2D eigenvalue weighted by Gasteiger charge is 2.46. The van der Waals surface area contributed by atoms with Crippen LogP contribution in [-0.2, 0) is 9.59 Å². The second-order valence-electron chi connectivity index (χ2n) is 8.69. The molecule has 0 aliphatic carbocycles. The summed E-state index contributed by atoms with van der Waals surface area (Å²) in [6.07, 6.45) is 3.44. The molecule has 1 unspecified atom stereocenters. The Kier molecular flexibility index (Phi) is 6.69. The molecule has 2 atom stereocenters. The number of carbonyl (C=O) groups excluding carboxylic acids is 2. The van der Waals surface area contributed by atoms with E-state index in [9.17, 15) is 9.59 Å². The van der Waals surface area contributed by atoms with Crippen LogP contribution in [0.4, 0.5) is 5.69 Å². The van der Waals surface area contributed by atoms with Crippen LogP contribution in [0.3, 0.4) is 0 Å². The van der Waals surface area contributed by atoms with Gasteiger partial charge in [-0.2, -0.15) is 0 Å². The quantitative estimate of drug-likeness (QED) is 0.672. The number of fused-ring (bicyclic) bond motifs is 1. The van der Waals surface area contributed by atoms with Gasteiger partial charge in [-0.3, -0.25) is 14.6 Å². The largest absolute Gasteiger partial charge is 0.497 e. The van der Waals surface area contributed by atoms with Crippen molar-refractivity contribution >= 4 is 28.4 Å². The predicted octanol–water partition coefficient (Wildman–Crippen LogP) is 2.58. The van der Waals surface area contributed by atoms with E-state index in [-0.39, 0.29) is 24.4 Å². The number of benzene rings is 1. The first kappa shape index (κ1) is 22.8. The number of methoxy groups -OCH3 is 1.